The van der Waals surface area contributed by atoms with Crippen molar-refractivity contribution >= 4 is 53.3 Å². The van der Waals surface area contributed by atoms with Crippen LogP contribution < -0.4 is 0 Å². The van der Waals surface area contributed by atoms with Gasteiger partial charge in [-0.25, -0.2) is 0 Å². The molecule has 0 N–H and O–H groups in total. The third-order valence-electron chi connectivity index (χ3n) is 9.20. The molecule has 0 saturated heterocycles. The fourth-order valence-electron chi connectivity index (χ4n) is 7.19. The first-order valence-corrected chi connectivity index (χ1v) is 15.1. The van der Waals surface area contributed by atoms with Gasteiger partial charge in [0.2, 0.25) is 0 Å². The number of fused-ring (bicyclic) bond motifs is 10. The Hall–Kier alpha value is -4.66. The number of para-hydroxylation sites is 2. The summed E-state index contributed by atoms with van der Waals surface area (Å²) in [6, 6.07) is 47.1. The van der Waals surface area contributed by atoms with Gasteiger partial charge >= 0.3 is 0 Å². The highest BCUT2D eigenvalue weighted by molar-refractivity contribution is 7.26. The van der Waals surface area contributed by atoms with Gasteiger partial charge in [-0.05, 0) is 70.3 Å². The molecule has 1 nitrogen and oxygen atoms in total. The highest BCUT2D eigenvalue weighted by Crippen LogP contribution is 2.54. The predicted octanol–water partition coefficient (Wildman–Crippen LogP) is 11.1. The quantitative estimate of drug-likeness (QED) is 0.205. The molecule has 194 valence electrons. The van der Waals surface area contributed by atoms with Gasteiger partial charge in [-0.3, -0.25) is 0 Å². The second kappa shape index (κ2) is 8.19. The summed E-state index contributed by atoms with van der Waals surface area (Å²) < 4.78 is 5.16. The van der Waals surface area contributed by atoms with Gasteiger partial charge in [0.1, 0.15) is 0 Å². The van der Waals surface area contributed by atoms with Crippen LogP contribution >= 0.6 is 11.3 Å². The molecule has 0 spiro atoms. The summed E-state index contributed by atoms with van der Waals surface area (Å²) in [5.41, 5.74) is 11.8. The van der Waals surface area contributed by atoms with Crippen molar-refractivity contribution in [2.75, 3.05) is 0 Å². The third kappa shape index (κ3) is 3.11. The molecule has 0 aliphatic heterocycles. The minimum absolute atomic E-state index is 0.0571. The number of rotatable bonds is 2. The van der Waals surface area contributed by atoms with Crippen LogP contribution in [0, 0.1) is 0 Å². The van der Waals surface area contributed by atoms with Crippen molar-refractivity contribution in [1.82, 2.24) is 4.57 Å². The highest BCUT2D eigenvalue weighted by Gasteiger charge is 2.37. The minimum Gasteiger partial charge on any atom is -0.309 e. The summed E-state index contributed by atoms with van der Waals surface area (Å²) >= 11 is 1.93. The zero-order valence-corrected chi connectivity index (χ0v) is 23.8. The smallest absolute Gasteiger partial charge is 0.0541 e. The van der Waals surface area contributed by atoms with Crippen LogP contribution in [-0.2, 0) is 5.41 Å². The van der Waals surface area contributed by atoms with Gasteiger partial charge in [-0.15, -0.1) is 11.3 Å². The zero-order chi connectivity index (χ0) is 27.3. The Morgan fingerprint density at radius 3 is 2.12 bits per heavy atom. The third-order valence-corrected chi connectivity index (χ3v) is 10.4. The molecule has 2 heterocycles. The fourth-order valence-corrected chi connectivity index (χ4v) is 8.45. The average Bonchev–Trinajstić information content (AvgIpc) is 3.63. The summed E-state index contributed by atoms with van der Waals surface area (Å²) in [6.45, 7) is 4.77. The van der Waals surface area contributed by atoms with E-state index in [9.17, 15) is 0 Å². The summed E-state index contributed by atoms with van der Waals surface area (Å²) in [7, 11) is 0. The van der Waals surface area contributed by atoms with Crippen molar-refractivity contribution in [1.29, 1.82) is 0 Å². The standard InChI is InChI=1S/C39H27NS/c1-39(2)32-20-19-29-28-13-7-9-15-36(28)41-38(29)37(32)30-18-16-25(23-33(30)39)24-17-21-35-31(22-24)27-12-6-8-14-34(27)40(35)26-10-4-3-5-11-26/h3-23H,1-2H3. The van der Waals surface area contributed by atoms with Crippen LogP contribution in [0.3, 0.4) is 0 Å². The molecule has 1 aliphatic rings. The Morgan fingerprint density at radius 2 is 1.24 bits per heavy atom. The first-order chi connectivity index (χ1) is 20.1. The monoisotopic (exact) mass is 541 g/mol. The molecule has 41 heavy (non-hydrogen) atoms. The van der Waals surface area contributed by atoms with Crippen LogP contribution in [0.4, 0.5) is 0 Å². The molecule has 1 aliphatic carbocycles. The summed E-state index contributed by atoms with van der Waals surface area (Å²) in [5.74, 6) is 0. The zero-order valence-electron chi connectivity index (χ0n) is 23.0. The molecule has 0 saturated carbocycles. The lowest BCUT2D eigenvalue weighted by Crippen LogP contribution is -2.14. The van der Waals surface area contributed by atoms with Crippen LogP contribution in [0.25, 0.3) is 69.9 Å². The second-order valence-electron chi connectivity index (χ2n) is 11.8. The Bertz CT molecular complexity index is 2330. The van der Waals surface area contributed by atoms with Gasteiger partial charge in [0.15, 0.2) is 0 Å². The first kappa shape index (κ1) is 23.1. The van der Waals surface area contributed by atoms with Gasteiger partial charge in [0.05, 0.1) is 11.0 Å². The molecular formula is C39H27NS. The Kier molecular flexibility index (Phi) is 4.61. The van der Waals surface area contributed by atoms with Crippen LogP contribution in [0.2, 0.25) is 0 Å². The maximum absolute atomic E-state index is 2.45. The van der Waals surface area contributed by atoms with Crippen molar-refractivity contribution in [3.05, 3.63) is 139 Å². The number of hydrogen-bond acceptors (Lipinski definition) is 1. The first-order valence-electron chi connectivity index (χ1n) is 14.3. The minimum atomic E-state index is -0.0571. The van der Waals surface area contributed by atoms with E-state index in [0.29, 0.717) is 0 Å². The van der Waals surface area contributed by atoms with Gasteiger partial charge in [0.25, 0.3) is 0 Å². The summed E-state index contributed by atoms with van der Waals surface area (Å²) in [5, 5.41) is 5.31. The highest BCUT2D eigenvalue weighted by atomic mass is 32.1. The van der Waals surface area contributed by atoms with E-state index in [1.165, 1.54) is 81.0 Å². The predicted molar refractivity (Wildman–Crippen MR) is 177 cm³/mol. The van der Waals surface area contributed by atoms with Crippen molar-refractivity contribution in [3.8, 4) is 27.9 Å². The van der Waals surface area contributed by atoms with Crippen molar-refractivity contribution in [3.63, 3.8) is 0 Å². The molecule has 2 heteroatoms. The molecule has 2 aromatic heterocycles. The van der Waals surface area contributed by atoms with E-state index < -0.39 is 0 Å². The molecule has 6 aromatic carbocycles. The SMILES string of the molecule is CC1(C)c2cc(-c3ccc4c(c3)c3ccccc3n4-c3ccccc3)ccc2-c2c1ccc1c2sc2ccccc21. The normalized spacial score (nSPS) is 13.8. The average molecular weight is 542 g/mol. The van der Waals surface area contributed by atoms with E-state index in [1.54, 1.807) is 0 Å². The summed E-state index contributed by atoms with van der Waals surface area (Å²) in [6.07, 6.45) is 0. The lowest BCUT2D eigenvalue weighted by atomic mass is 9.81. The largest absolute Gasteiger partial charge is 0.309 e. The van der Waals surface area contributed by atoms with Crippen molar-refractivity contribution in [2.45, 2.75) is 19.3 Å². The molecular weight excluding hydrogens is 515 g/mol. The van der Waals surface area contributed by atoms with Crippen LogP contribution in [-0.4, -0.2) is 4.57 Å². The number of thiophene rings is 1. The molecule has 0 radical (unpaired) electrons. The fraction of sp³-hybridized carbons (Fsp3) is 0.0769. The van der Waals surface area contributed by atoms with Crippen LogP contribution in [0.15, 0.2) is 127 Å². The van der Waals surface area contributed by atoms with E-state index >= 15 is 0 Å². The van der Waals surface area contributed by atoms with Crippen molar-refractivity contribution in [2.24, 2.45) is 0 Å². The molecule has 0 amide bonds. The van der Waals surface area contributed by atoms with E-state index in [-0.39, 0.29) is 5.41 Å². The molecule has 0 unspecified atom stereocenters. The van der Waals surface area contributed by atoms with Crippen LogP contribution in [0.1, 0.15) is 25.0 Å². The topological polar surface area (TPSA) is 4.93 Å². The van der Waals surface area contributed by atoms with E-state index in [4.69, 9.17) is 0 Å². The molecule has 0 fully saturated rings. The molecule has 9 rings (SSSR count). The maximum atomic E-state index is 2.45. The number of benzene rings is 6. The van der Waals surface area contributed by atoms with Gasteiger partial charge in [-0.2, -0.15) is 0 Å². The molecule has 8 aromatic rings. The van der Waals surface area contributed by atoms with E-state index in [0.717, 1.165) is 0 Å². The van der Waals surface area contributed by atoms with Crippen LogP contribution in [0.5, 0.6) is 0 Å². The molecule has 0 atom stereocenters. The lowest BCUT2D eigenvalue weighted by molar-refractivity contribution is 0.661. The molecule has 0 bridgehead atoms. The Morgan fingerprint density at radius 1 is 0.537 bits per heavy atom. The maximum Gasteiger partial charge on any atom is 0.0541 e. The Labute approximate surface area is 242 Å². The van der Waals surface area contributed by atoms with Gasteiger partial charge < -0.3 is 4.57 Å². The Balaban J connectivity index is 1.24. The van der Waals surface area contributed by atoms with Gasteiger partial charge in [-0.1, -0.05) is 98.8 Å². The lowest BCUT2D eigenvalue weighted by Gasteiger charge is -2.22. The summed E-state index contributed by atoms with van der Waals surface area (Å²) in [4.78, 5) is 0. The number of nitrogens with zero attached hydrogens (tertiary/aromatic N) is 1. The van der Waals surface area contributed by atoms with E-state index in [2.05, 4.69) is 146 Å². The van der Waals surface area contributed by atoms with E-state index in [1.807, 2.05) is 11.3 Å². The number of hydrogen-bond donors (Lipinski definition) is 0. The second-order valence-corrected chi connectivity index (χ2v) is 12.8. The van der Waals surface area contributed by atoms with Gasteiger partial charge in [0, 0.05) is 47.6 Å². The number of aromatic nitrogens is 1. The van der Waals surface area contributed by atoms with Crippen molar-refractivity contribution < 1.29 is 0 Å².